The van der Waals surface area contributed by atoms with Crippen LogP contribution in [0.15, 0.2) is 23.2 Å². The molecule has 0 fully saturated rings. The van der Waals surface area contributed by atoms with Gasteiger partial charge in [0.15, 0.2) is 0 Å². The van der Waals surface area contributed by atoms with Gasteiger partial charge in [0, 0.05) is 5.25 Å². The average Bonchev–Trinajstić information content (AvgIpc) is 2.01. The van der Waals surface area contributed by atoms with Crippen LogP contribution in [0.2, 0.25) is 0 Å². The first-order valence-electron chi connectivity index (χ1n) is 4.10. The number of hydrogen-bond donors (Lipinski definition) is 0. The van der Waals surface area contributed by atoms with Gasteiger partial charge in [0.2, 0.25) is 0 Å². The molecule has 0 atom stereocenters. The zero-order valence-electron chi connectivity index (χ0n) is 7.80. The normalized spacial score (nSPS) is 12.1. The zero-order valence-corrected chi connectivity index (χ0v) is 8.62. The molecule has 0 unspecified atom stereocenters. The minimum Gasteiger partial charge on any atom is -0.237 e. The van der Waals surface area contributed by atoms with E-state index in [1.54, 1.807) is 6.07 Å². The topological polar surface area (TPSA) is 12.9 Å². The quantitative estimate of drug-likeness (QED) is 0.708. The fourth-order valence-electron chi connectivity index (χ4n) is 0.880. The summed E-state index contributed by atoms with van der Waals surface area (Å²) in [5.41, 5.74) is -0.830. The number of aromatic nitrogens is 1. The maximum absolute atomic E-state index is 12.2. The molecule has 0 spiro atoms. The van der Waals surface area contributed by atoms with Crippen molar-refractivity contribution >= 4 is 11.8 Å². The molecule has 1 rings (SSSR count). The third kappa shape index (κ3) is 3.21. The molecule has 1 aromatic heterocycles. The average molecular weight is 221 g/mol. The second-order valence-electron chi connectivity index (χ2n) is 3.03. The molecule has 0 aromatic carbocycles. The Morgan fingerprint density at radius 2 is 1.93 bits per heavy atom. The van der Waals surface area contributed by atoms with E-state index in [9.17, 15) is 13.2 Å². The van der Waals surface area contributed by atoms with Crippen LogP contribution in [-0.4, -0.2) is 10.2 Å². The van der Waals surface area contributed by atoms with Crippen LogP contribution in [-0.2, 0) is 6.18 Å². The van der Waals surface area contributed by atoms with Crippen molar-refractivity contribution in [2.24, 2.45) is 0 Å². The van der Waals surface area contributed by atoms with E-state index in [1.165, 1.54) is 17.8 Å². The fourth-order valence-corrected chi connectivity index (χ4v) is 1.67. The molecule has 0 bridgehead atoms. The monoisotopic (exact) mass is 221 g/mol. The molecule has 5 heteroatoms. The molecule has 14 heavy (non-hydrogen) atoms. The SMILES string of the molecule is CC(C)Sc1cccc(C(F)(F)F)n1. The van der Waals surface area contributed by atoms with Crippen LogP contribution in [0.3, 0.4) is 0 Å². The molecule has 78 valence electrons. The standard InChI is InChI=1S/C9H10F3NS/c1-6(2)14-8-5-3-4-7(13-8)9(10,11)12/h3-6H,1-2H3. The van der Waals surface area contributed by atoms with E-state index in [0.29, 0.717) is 5.03 Å². The summed E-state index contributed by atoms with van der Waals surface area (Å²) < 4.78 is 36.7. The van der Waals surface area contributed by atoms with Crippen molar-refractivity contribution in [3.63, 3.8) is 0 Å². The lowest BCUT2D eigenvalue weighted by atomic mass is 10.3. The highest BCUT2D eigenvalue weighted by Crippen LogP contribution is 2.29. The van der Waals surface area contributed by atoms with Gasteiger partial charge in [-0.1, -0.05) is 19.9 Å². The molecule has 0 saturated carbocycles. The van der Waals surface area contributed by atoms with Crippen molar-refractivity contribution in [3.05, 3.63) is 23.9 Å². The molecular formula is C9H10F3NS. The maximum atomic E-state index is 12.2. The Morgan fingerprint density at radius 1 is 1.29 bits per heavy atom. The van der Waals surface area contributed by atoms with Crippen molar-refractivity contribution in [1.82, 2.24) is 4.98 Å². The summed E-state index contributed by atoms with van der Waals surface area (Å²) in [7, 11) is 0. The van der Waals surface area contributed by atoms with E-state index in [4.69, 9.17) is 0 Å². The molecule has 0 aliphatic carbocycles. The second kappa shape index (κ2) is 4.21. The Labute approximate surface area is 84.7 Å². The number of alkyl halides is 3. The minimum atomic E-state index is -4.35. The van der Waals surface area contributed by atoms with Gasteiger partial charge in [-0.05, 0) is 12.1 Å². The van der Waals surface area contributed by atoms with Crippen LogP contribution in [0.5, 0.6) is 0 Å². The lowest BCUT2D eigenvalue weighted by molar-refractivity contribution is -0.141. The Hall–Kier alpha value is -0.710. The first kappa shape index (κ1) is 11.4. The highest BCUT2D eigenvalue weighted by molar-refractivity contribution is 7.99. The fraction of sp³-hybridized carbons (Fsp3) is 0.444. The number of pyridine rings is 1. The molecule has 0 aliphatic rings. The predicted molar refractivity (Wildman–Crippen MR) is 50.2 cm³/mol. The molecule has 0 aliphatic heterocycles. The van der Waals surface area contributed by atoms with Gasteiger partial charge in [-0.2, -0.15) is 13.2 Å². The van der Waals surface area contributed by atoms with Crippen LogP contribution < -0.4 is 0 Å². The first-order valence-corrected chi connectivity index (χ1v) is 4.98. The van der Waals surface area contributed by atoms with E-state index in [-0.39, 0.29) is 5.25 Å². The Kier molecular flexibility index (Phi) is 3.42. The number of halogens is 3. The largest absolute Gasteiger partial charge is 0.433 e. The van der Waals surface area contributed by atoms with Crippen LogP contribution in [0.4, 0.5) is 13.2 Å². The smallest absolute Gasteiger partial charge is 0.237 e. The highest BCUT2D eigenvalue weighted by atomic mass is 32.2. The van der Waals surface area contributed by atoms with Crippen molar-refractivity contribution in [2.45, 2.75) is 30.3 Å². The van der Waals surface area contributed by atoms with Gasteiger partial charge >= 0.3 is 6.18 Å². The second-order valence-corrected chi connectivity index (χ2v) is 4.62. The van der Waals surface area contributed by atoms with Gasteiger partial charge in [0.25, 0.3) is 0 Å². The molecule has 1 aromatic rings. The molecule has 0 amide bonds. The summed E-state index contributed by atoms with van der Waals surface area (Å²) in [5.74, 6) is 0. The van der Waals surface area contributed by atoms with Crippen molar-refractivity contribution < 1.29 is 13.2 Å². The van der Waals surface area contributed by atoms with E-state index in [0.717, 1.165) is 6.07 Å². The van der Waals surface area contributed by atoms with Gasteiger partial charge in [-0.25, -0.2) is 4.98 Å². The number of rotatable bonds is 2. The van der Waals surface area contributed by atoms with Crippen LogP contribution >= 0.6 is 11.8 Å². The maximum Gasteiger partial charge on any atom is 0.433 e. The van der Waals surface area contributed by atoms with Gasteiger partial charge in [-0.3, -0.25) is 0 Å². The molecule has 0 saturated heterocycles. The van der Waals surface area contributed by atoms with Crippen molar-refractivity contribution in [3.8, 4) is 0 Å². The summed E-state index contributed by atoms with van der Waals surface area (Å²) in [4.78, 5) is 3.52. The van der Waals surface area contributed by atoms with Gasteiger partial charge < -0.3 is 0 Å². The van der Waals surface area contributed by atoms with Gasteiger partial charge in [0.1, 0.15) is 5.69 Å². The number of thioether (sulfide) groups is 1. The lowest BCUT2D eigenvalue weighted by Crippen LogP contribution is -2.08. The Balaban J connectivity index is 2.90. The number of nitrogens with zero attached hydrogens (tertiary/aromatic N) is 1. The Morgan fingerprint density at radius 3 is 2.43 bits per heavy atom. The third-order valence-corrected chi connectivity index (χ3v) is 2.31. The van der Waals surface area contributed by atoms with E-state index >= 15 is 0 Å². The molecule has 1 heterocycles. The van der Waals surface area contributed by atoms with Gasteiger partial charge in [-0.15, -0.1) is 11.8 Å². The number of hydrogen-bond acceptors (Lipinski definition) is 2. The molecule has 1 nitrogen and oxygen atoms in total. The third-order valence-electron chi connectivity index (χ3n) is 1.37. The predicted octanol–water partition coefficient (Wildman–Crippen LogP) is 3.60. The lowest BCUT2D eigenvalue weighted by Gasteiger charge is -2.08. The molecule has 0 N–H and O–H groups in total. The van der Waals surface area contributed by atoms with Crippen molar-refractivity contribution in [1.29, 1.82) is 0 Å². The van der Waals surface area contributed by atoms with Crippen molar-refractivity contribution in [2.75, 3.05) is 0 Å². The van der Waals surface area contributed by atoms with Crippen LogP contribution in [0.1, 0.15) is 19.5 Å². The summed E-state index contributed by atoms with van der Waals surface area (Å²) in [6.07, 6.45) is -4.35. The minimum absolute atomic E-state index is 0.228. The highest BCUT2D eigenvalue weighted by Gasteiger charge is 2.32. The Bertz CT molecular complexity index is 309. The van der Waals surface area contributed by atoms with E-state index < -0.39 is 11.9 Å². The first-order chi connectivity index (χ1) is 6.39. The molecular weight excluding hydrogens is 211 g/mol. The molecule has 0 radical (unpaired) electrons. The van der Waals surface area contributed by atoms with Crippen LogP contribution in [0.25, 0.3) is 0 Å². The van der Waals surface area contributed by atoms with Gasteiger partial charge in [0.05, 0.1) is 5.03 Å². The summed E-state index contributed by atoms with van der Waals surface area (Å²) in [6.45, 7) is 3.82. The summed E-state index contributed by atoms with van der Waals surface area (Å²) >= 11 is 1.32. The summed E-state index contributed by atoms with van der Waals surface area (Å²) in [6, 6.07) is 3.94. The van der Waals surface area contributed by atoms with E-state index in [2.05, 4.69) is 4.98 Å². The van der Waals surface area contributed by atoms with Crippen LogP contribution in [0, 0.1) is 0 Å². The summed E-state index contributed by atoms with van der Waals surface area (Å²) in [5, 5.41) is 0.640. The van der Waals surface area contributed by atoms with E-state index in [1.807, 2.05) is 13.8 Å². The zero-order chi connectivity index (χ0) is 10.8.